The molecule has 1 unspecified atom stereocenters. The van der Waals surface area contributed by atoms with Crippen LogP contribution in [0.5, 0.6) is 0 Å². The molecule has 1 atom stereocenters. The van der Waals surface area contributed by atoms with Crippen LogP contribution in [-0.4, -0.2) is 53.2 Å². The smallest absolute Gasteiger partial charge is 0.133 e. The molecular weight excluding hydrogens is 290 g/mol. The maximum Gasteiger partial charge on any atom is 0.133 e. The highest BCUT2D eigenvalue weighted by atomic mass is 15.2. The third kappa shape index (κ3) is 3.85. The van der Waals surface area contributed by atoms with Gasteiger partial charge in [-0.3, -0.25) is 0 Å². The summed E-state index contributed by atoms with van der Waals surface area (Å²) in [5.41, 5.74) is 0. The largest absolute Gasteiger partial charge is 0.365 e. The van der Waals surface area contributed by atoms with Crippen LogP contribution in [0, 0.1) is 6.92 Å². The molecule has 0 spiro atoms. The molecular formula is C16H23N7. The van der Waals surface area contributed by atoms with Crippen molar-refractivity contribution in [3.8, 4) is 0 Å². The fourth-order valence-corrected chi connectivity index (χ4v) is 2.80. The minimum Gasteiger partial charge on any atom is -0.365 e. The van der Waals surface area contributed by atoms with Crippen molar-refractivity contribution >= 4 is 17.5 Å². The van der Waals surface area contributed by atoms with E-state index in [4.69, 9.17) is 0 Å². The van der Waals surface area contributed by atoms with E-state index in [1.807, 2.05) is 44.2 Å². The predicted octanol–water partition coefficient (Wildman–Crippen LogP) is 1.72. The number of nitrogens with zero attached hydrogens (tertiary/aromatic N) is 6. The van der Waals surface area contributed by atoms with Gasteiger partial charge in [-0.25, -0.2) is 19.9 Å². The van der Waals surface area contributed by atoms with Gasteiger partial charge in [0.05, 0.1) is 0 Å². The van der Waals surface area contributed by atoms with Gasteiger partial charge >= 0.3 is 0 Å². The van der Waals surface area contributed by atoms with E-state index in [2.05, 4.69) is 30.2 Å². The lowest BCUT2D eigenvalue weighted by molar-refractivity contribution is 0.525. The number of aryl methyl sites for hydroxylation is 1. The van der Waals surface area contributed by atoms with Gasteiger partial charge in [-0.2, -0.15) is 0 Å². The monoisotopic (exact) mass is 313 g/mol. The molecule has 1 aliphatic rings. The first kappa shape index (κ1) is 15.5. The second-order valence-corrected chi connectivity index (χ2v) is 6.05. The Bertz CT molecular complexity index is 658. The Hall–Kier alpha value is -2.44. The van der Waals surface area contributed by atoms with Crippen LogP contribution in [0.3, 0.4) is 0 Å². The number of nitrogens with one attached hydrogen (secondary N) is 1. The highest BCUT2D eigenvalue weighted by Crippen LogP contribution is 2.20. The SMILES string of the molecule is Cc1nccc(N2CCCC(Nc3cc(N(C)C)ncn3)C2)n1. The van der Waals surface area contributed by atoms with Crippen LogP contribution in [0.4, 0.5) is 17.5 Å². The Morgan fingerprint density at radius 3 is 2.91 bits per heavy atom. The van der Waals surface area contributed by atoms with E-state index >= 15 is 0 Å². The van der Waals surface area contributed by atoms with E-state index < -0.39 is 0 Å². The molecule has 3 heterocycles. The molecule has 1 aliphatic heterocycles. The lowest BCUT2D eigenvalue weighted by Crippen LogP contribution is -2.42. The number of aromatic nitrogens is 4. The molecule has 0 aliphatic carbocycles. The van der Waals surface area contributed by atoms with Gasteiger partial charge in [0.25, 0.3) is 0 Å². The molecule has 2 aromatic heterocycles. The van der Waals surface area contributed by atoms with E-state index in [0.717, 1.165) is 49.2 Å². The van der Waals surface area contributed by atoms with Crippen molar-refractivity contribution in [2.45, 2.75) is 25.8 Å². The van der Waals surface area contributed by atoms with Crippen molar-refractivity contribution in [1.82, 2.24) is 19.9 Å². The molecule has 1 saturated heterocycles. The summed E-state index contributed by atoms with van der Waals surface area (Å²) in [5, 5.41) is 3.53. The summed E-state index contributed by atoms with van der Waals surface area (Å²) in [7, 11) is 3.96. The highest BCUT2D eigenvalue weighted by Gasteiger charge is 2.21. The highest BCUT2D eigenvalue weighted by molar-refractivity contribution is 5.48. The topological polar surface area (TPSA) is 70.1 Å². The van der Waals surface area contributed by atoms with Gasteiger partial charge in [-0.15, -0.1) is 0 Å². The lowest BCUT2D eigenvalue weighted by atomic mass is 10.1. The van der Waals surface area contributed by atoms with Crippen LogP contribution in [0.2, 0.25) is 0 Å². The first-order valence-electron chi connectivity index (χ1n) is 7.92. The Kier molecular flexibility index (Phi) is 4.55. The second kappa shape index (κ2) is 6.76. The molecule has 2 aromatic rings. The van der Waals surface area contributed by atoms with E-state index in [1.165, 1.54) is 0 Å². The van der Waals surface area contributed by atoms with E-state index in [0.29, 0.717) is 6.04 Å². The quantitative estimate of drug-likeness (QED) is 0.921. The van der Waals surface area contributed by atoms with Crippen molar-refractivity contribution in [3.63, 3.8) is 0 Å². The molecule has 0 amide bonds. The average molecular weight is 313 g/mol. The van der Waals surface area contributed by atoms with Crippen molar-refractivity contribution in [3.05, 3.63) is 30.5 Å². The Balaban J connectivity index is 1.68. The molecule has 1 N–H and O–H groups in total. The molecule has 1 fully saturated rings. The van der Waals surface area contributed by atoms with Gasteiger partial charge in [0.2, 0.25) is 0 Å². The number of piperidine rings is 1. The van der Waals surface area contributed by atoms with Crippen LogP contribution < -0.4 is 15.1 Å². The van der Waals surface area contributed by atoms with Gasteiger partial charge < -0.3 is 15.1 Å². The summed E-state index contributed by atoms with van der Waals surface area (Å²) >= 11 is 0. The fraction of sp³-hybridized carbons (Fsp3) is 0.500. The fourth-order valence-electron chi connectivity index (χ4n) is 2.80. The molecule has 7 heteroatoms. The minimum atomic E-state index is 0.351. The molecule has 0 aromatic carbocycles. The maximum atomic E-state index is 4.53. The average Bonchev–Trinajstić information content (AvgIpc) is 2.55. The Labute approximate surface area is 136 Å². The summed E-state index contributed by atoms with van der Waals surface area (Å²) in [6, 6.07) is 4.31. The van der Waals surface area contributed by atoms with E-state index in [-0.39, 0.29) is 0 Å². The van der Waals surface area contributed by atoms with Crippen LogP contribution in [-0.2, 0) is 0 Å². The zero-order chi connectivity index (χ0) is 16.2. The Morgan fingerprint density at radius 1 is 1.26 bits per heavy atom. The molecule has 3 rings (SSSR count). The Morgan fingerprint density at radius 2 is 2.13 bits per heavy atom. The van der Waals surface area contributed by atoms with Crippen LogP contribution >= 0.6 is 0 Å². The summed E-state index contributed by atoms with van der Waals surface area (Å²) < 4.78 is 0. The first-order valence-corrected chi connectivity index (χ1v) is 7.92. The predicted molar refractivity (Wildman–Crippen MR) is 92.0 cm³/mol. The maximum absolute atomic E-state index is 4.53. The zero-order valence-electron chi connectivity index (χ0n) is 13.9. The van der Waals surface area contributed by atoms with Crippen LogP contribution in [0.25, 0.3) is 0 Å². The van der Waals surface area contributed by atoms with Crippen LogP contribution in [0.1, 0.15) is 18.7 Å². The number of hydrogen-bond acceptors (Lipinski definition) is 7. The van der Waals surface area contributed by atoms with Gasteiger partial charge in [0.15, 0.2) is 0 Å². The van der Waals surface area contributed by atoms with E-state index in [1.54, 1.807) is 6.33 Å². The van der Waals surface area contributed by atoms with Crippen molar-refractivity contribution in [1.29, 1.82) is 0 Å². The van der Waals surface area contributed by atoms with Gasteiger partial charge in [-0.05, 0) is 25.8 Å². The summed E-state index contributed by atoms with van der Waals surface area (Å²) in [6.45, 7) is 3.87. The molecule has 23 heavy (non-hydrogen) atoms. The zero-order valence-corrected chi connectivity index (χ0v) is 13.9. The van der Waals surface area contributed by atoms with Crippen molar-refractivity contribution in [2.24, 2.45) is 0 Å². The molecule has 0 bridgehead atoms. The molecule has 7 nitrogen and oxygen atoms in total. The lowest BCUT2D eigenvalue weighted by Gasteiger charge is -2.34. The number of rotatable bonds is 4. The third-order valence-corrected chi connectivity index (χ3v) is 3.97. The second-order valence-electron chi connectivity index (χ2n) is 6.05. The van der Waals surface area contributed by atoms with Crippen LogP contribution in [0.15, 0.2) is 24.7 Å². The summed E-state index contributed by atoms with van der Waals surface area (Å²) in [4.78, 5) is 21.6. The normalized spacial score (nSPS) is 17.9. The molecule has 122 valence electrons. The third-order valence-electron chi connectivity index (χ3n) is 3.97. The van der Waals surface area contributed by atoms with Gasteiger partial charge in [0.1, 0.15) is 29.6 Å². The minimum absolute atomic E-state index is 0.351. The number of hydrogen-bond donors (Lipinski definition) is 1. The van der Waals surface area contributed by atoms with Gasteiger partial charge in [-0.1, -0.05) is 0 Å². The first-order chi connectivity index (χ1) is 11.1. The van der Waals surface area contributed by atoms with Crippen molar-refractivity contribution in [2.75, 3.05) is 42.3 Å². The summed E-state index contributed by atoms with van der Waals surface area (Å²) in [6.07, 6.45) is 5.68. The molecule has 0 saturated carbocycles. The standard InChI is InChI=1S/C16H23N7/c1-12-17-7-6-15(20-12)23-8-4-5-13(10-23)21-14-9-16(22(2)3)19-11-18-14/h6-7,9,11,13H,4-5,8,10H2,1-3H3,(H,18,19,21). The van der Waals surface area contributed by atoms with E-state index in [9.17, 15) is 0 Å². The van der Waals surface area contributed by atoms with Crippen molar-refractivity contribution < 1.29 is 0 Å². The number of anilines is 3. The molecule has 0 radical (unpaired) electrons. The van der Waals surface area contributed by atoms with Gasteiger partial charge in [0, 0.05) is 45.5 Å². The summed E-state index contributed by atoms with van der Waals surface area (Å²) in [5.74, 6) is 3.58.